The summed E-state index contributed by atoms with van der Waals surface area (Å²) in [7, 11) is 0. The van der Waals surface area contributed by atoms with Crippen molar-refractivity contribution in [3.05, 3.63) is 26.5 Å². The molecule has 0 N–H and O–H groups in total. The second-order valence-electron chi connectivity index (χ2n) is 3.09. The number of halogens is 2. The Morgan fingerprint density at radius 3 is 2.50 bits per heavy atom. The standard InChI is InChI=1S/C6H5ClIN.C4H9.Li/c1-4-2-3-9-6(7)5(4)8;1-3-4-2;/h2-3H,1H3;1,3-4H2,2H3;. The quantitative estimate of drug-likeness (QED) is 0.456. The molecule has 0 aliphatic heterocycles. The van der Waals surface area contributed by atoms with Crippen molar-refractivity contribution < 1.29 is 0 Å². The Morgan fingerprint density at radius 2 is 2.21 bits per heavy atom. The van der Waals surface area contributed by atoms with Crippen molar-refractivity contribution in [1.82, 2.24) is 4.98 Å². The molecule has 0 aliphatic carbocycles. The molecule has 0 aromatic carbocycles. The molecule has 0 bridgehead atoms. The molecule has 0 fully saturated rings. The first-order valence-corrected chi connectivity index (χ1v) is 6.35. The molecule has 0 aliphatic rings. The molecule has 0 saturated heterocycles. The van der Waals surface area contributed by atoms with E-state index in [4.69, 9.17) is 11.6 Å². The first-order chi connectivity index (χ1) is 6.63. The molecule has 4 heteroatoms. The summed E-state index contributed by atoms with van der Waals surface area (Å²) >= 11 is 10.1. The van der Waals surface area contributed by atoms with E-state index >= 15 is 0 Å². The van der Waals surface area contributed by atoms with Crippen LogP contribution < -0.4 is 0 Å². The molecular formula is C10H14ClILiN. The maximum atomic E-state index is 5.70. The fraction of sp³-hybridized carbons (Fsp3) is 0.500. The van der Waals surface area contributed by atoms with Gasteiger partial charge in [-0.05, 0) is 41.1 Å². The summed E-state index contributed by atoms with van der Waals surface area (Å²) in [6.45, 7) is 4.22. The Kier molecular flexibility index (Phi) is 9.52. The van der Waals surface area contributed by atoms with Gasteiger partial charge in [0, 0.05) is 6.20 Å². The van der Waals surface area contributed by atoms with Crippen LogP contribution in [-0.2, 0) is 0 Å². The Hall–Kier alpha value is 0.767. The normalized spacial score (nSPS) is 9.29. The molecule has 1 nitrogen and oxygen atoms in total. The van der Waals surface area contributed by atoms with Crippen molar-refractivity contribution in [3.8, 4) is 0 Å². The number of unbranched alkanes of at least 4 members (excludes halogenated alkanes) is 1. The van der Waals surface area contributed by atoms with Crippen LogP contribution in [0.15, 0.2) is 12.3 Å². The van der Waals surface area contributed by atoms with Gasteiger partial charge >= 0.3 is 42.6 Å². The SMILES string of the molecule is Cc1ccnc(Cl)c1I.[Li][CH2]CCC. The number of aromatic nitrogens is 1. The van der Waals surface area contributed by atoms with Gasteiger partial charge in [0.2, 0.25) is 0 Å². The van der Waals surface area contributed by atoms with Gasteiger partial charge in [-0.15, -0.1) is 0 Å². The molecule has 74 valence electrons. The summed E-state index contributed by atoms with van der Waals surface area (Å²) in [6.07, 6.45) is 4.44. The number of hydrogen-bond donors (Lipinski definition) is 0. The minimum atomic E-state index is 0.593. The van der Waals surface area contributed by atoms with Gasteiger partial charge in [-0.3, -0.25) is 0 Å². The van der Waals surface area contributed by atoms with E-state index in [9.17, 15) is 0 Å². The van der Waals surface area contributed by atoms with Crippen LogP contribution in [0, 0.1) is 10.5 Å². The van der Waals surface area contributed by atoms with E-state index in [2.05, 4.69) is 52.2 Å². The van der Waals surface area contributed by atoms with Crippen LogP contribution in [-0.4, -0.2) is 22.7 Å². The Balaban J connectivity index is 0.000000292. The molecule has 0 atom stereocenters. The Bertz CT molecular complexity index is 246. The third-order valence-corrected chi connectivity index (χ3v) is 3.71. The van der Waals surface area contributed by atoms with Crippen LogP contribution in [0.4, 0.5) is 0 Å². The van der Waals surface area contributed by atoms with Crippen molar-refractivity contribution in [2.45, 2.75) is 31.8 Å². The van der Waals surface area contributed by atoms with E-state index < -0.39 is 0 Å². The van der Waals surface area contributed by atoms with Crippen LogP contribution in [0.5, 0.6) is 0 Å². The zero-order valence-corrected chi connectivity index (χ0v) is 11.9. The number of pyridine rings is 1. The second-order valence-corrected chi connectivity index (χ2v) is 4.52. The average molecular weight is 318 g/mol. The summed E-state index contributed by atoms with van der Waals surface area (Å²) in [6, 6.07) is 1.94. The van der Waals surface area contributed by atoms with Gasteiger partial charge in [0.1, 0.15) is 5.15 Å². The third kappa shape index (κ3) is 6.29. The van der Waals surface area contributed by atoms with Gasteiger partial charge in [-0.1, -0.05) is 11.6 Å². The van der Waals surface area contributed by atoms with E-state index in [1.165, 1.54) is 23.5 Å². The predicted octanol–water partition coefficient (Wildman–Crippen LogP) is 4.02. The monoisotopic (exact) mass is 317 g/mol. The van der Waals surface area contributed by atoms with Crippen molar-refractivity contribution in [2.24, 2.45) is 0 Å². The van der Waals surface area contributed by atoms with Gasteiger partial charge in [0.25, 0.3) is 0 Å². The summed E-state index contributed by atoms with van der Waals surface area (Å²) in [5.41, 5.74) is 1.18. The fourth-order valence-electron chi connectivity index (χ4n) is 0.861. The third-order valence-electron chi connectivity index (χ3n) is 1.75. The first kappa shape index (κ1) is 14.8. The summed E-state index contributed by atoms with van der Waals surface area (Å²) in [5, 5.41) is 1.94. The molecule has 0 amide bonds. The van der Waals surface area contributed by atoms with Crippen LogP contribution in [0.1, 0.15) is 25.3 Å². The van der Waals surface area contributed by atoms with Gasteiger partial charge in [0.15, 0.2) is 0 Å². The Morgan fingerprint density at radius 1 is 1.57 bits per heavy atom. The van der Waals surface area contributed by atoms with Crippen LogP contribution in [0.25, 0.3) is 0 Å². The van der Waals surface area contributed by atoms with E-state index in [1.54, 1.807) is 6.20 Å². The molecule has 0 radical (unpaired) electrons. The minimum absolute atomic E-state index is 0.593. The number of hydrogen-bond acceptors (Lipinski definition) is 1. The molecular weight excluding hydrogens is 303 g/mol. The molecule has 1 heterocycles. The van der Waals surface area contributed by atoms with E-state index in [1.807, 2.05) is 13.0 Å². The van der Waals surface area contributed by atoms with Crippen LogP contribution in [0.3, 0.4) is 0 Å². The van der Waals surface area contributed by atoms with Gasteiger partial charge < -0.3 is 0 Å². The van der Waals surface area contributed by atoms with Crippen molar-refractivity contribution in [1.29, 1.82) is 0 Å². The van der Waals surface area contributed by atoms with Crippen molar-refractivity contribution >= 4 is 51.9 Å². The average Bonchev–Trinajstić information content (AvgIpc) is 2.16. The topological polar surface area (TPSA) is 12.9 Å². The molecule has 1 aromatic rings. The summed E-state index contributed by atoms with van der Waals surface area (Å²) < 4.78 is 1.04. The summed E-state index contributed by atoms with van der Waals surface area (Å²) in [5.74, 6) is 0. The van der Waals surface area contributed by atoms with Gasteiger partial charge in [0.05, 0.1) is 3.57 Å². The van der Waals surface area contributed by atoms with Crippen LogP contribution in [0.2, 0.25) is 10.2 Å². The molecule has 0 saturated carbocycles. The number of nitrogens with zero attached hydrogens (tertiary/aromatic N) is 1. The predicted molar refractivity (Wildman–Crippen MR) is 72.2 cm³/mol. The second kappa shape index (κ2) is 9.03. The van der Waals surface area contributed by atoms with E-state index in [-0.39, 0.29) is 0 Å². The molecule has 0 unspecified atom stereocenters. The van der Waals surface area contributed by atoms with Gasteiger partial charge in [-0.25, -0.2) is 4.98 Å². The molecule has 14 heavy (non-hydrogen) atoms. The molecule has 1 aromatic heterocycles. The zero-order valence-electron chi connectivity index (χ0n) is 8.98. The van der Waals surface area contributed by atoms with E-state index in [0.29, 0.717) is 5.15 Å². The van der Waals surface area contributed by atoms with Crippen molar-refractivity contribution in [2.75, 3.05) is 0 Å². The van der Waals surface area contributed by atoms with Gasteiger partial charge in [-0.2, -0.15) is 0 Å². The fourth-order valence-corrected chi connectivity index (χ4v) is 1.39. The number of aryl methyl sites for hydroxylation is 1. The molecule has 0 spiro atoms. The first-order valence-electron chi connectivity index (χ1n) is 4.90. The summed E-state index contributed by atoms with van der Waals surface area (Å²) in [4.78, 5) is 3.90. The zero-order chi connectivity index (χ0) is 11.0. The maximum absolute atomic E-state index is 5.70. The van der Waals surface area contributed by atoms with Crippen molar-refractivity contribution in [3.63, 3.8) is 0 Å². The van der Waals surface area contributed by atoms with E-state index in [0.717, 1.165) is 3.57 Å². The molecule has 1 rings (SSSR count). The number of rotatable bonds is 2. The van der Waals surface area contributed by atoms with Crippen LogP contribution >= 0.6 is 34.2 Å². The Labute approximate surface area is 114 Å².